The zero-order chi connectivity index (χ0) is 21.3. The van der Waals surface area contributed by atoms with Gasteiger partial charge in [0.1, 0.15) is 0 Å². The van der Waals surface area contributed by atoms with E-state index in [2.05, 4.69) is 72.8 Å². The number of hydrogen-bond acceptors (Lipinski definition) is 0. The first-order valence-corrected chi connectivity index (χ1v) is 11.9. The molecule has 0 aliphatic carbocycles. The van der Waals surface area contributed by atoms with Gasteiger partial charge in [0.25, 0.3) is 0 Å². The van der Waals surface area contributed by atoms with E-state index in [4.69, 9.17) is 0 Å². The Hall–Kier alpha value is -2.76. The van der Waals surface area contributed by atoms with Gasteiger partial charge in [0, 0.05) is 0 Å². The Balaban J connectivity index is 0.000000427. The van der Waals surface area contributed by atoms with Crippen molar-refractivity contribution in [2.75, 3.05) is 0 Å². The number of rotatable bonds is 5. The molecule has 5 rings (SSSR count). The molecule has 0 N–H and O–H groups in total. The van der Waals surface area contributed by atoms with Crippen LogP contribution in [0.25, 0.3) is 11.1 Å². The Kier molecular flexibility index (Phi) is 9.20. The predicted octanol–water partition coefficient (Wildman–Crippen LogP) is 7.25. The molecule has 0 fully saturated rings. The van der Waals surface area contributed by atoms with Gasteiger partial charge in [-0.2, -0.15) is 18.2 Å². The van der Waals surface area contributed by atoms with Crippen LogP contribution in [0.1, 0.15) is 5.56 Å². The summed E-state index contributed by atoms with van der Waals surface area (Å²) in [4.78, 5) is 0. The molecule has 32 heavy (non-hydrogen) atoms. The van der Waals surface area contributed by atoms with Crippen LogP contribution in [-0.2, 0) is 23.2 Å². The van der Waals surface area contributed by atoms with Crippen molar-refractivity contribution in [3.05, 3.63) is 145 Å². The molecule has 0 bridgehead atoms. The molecule has 3 heteroatoms. The monoisotopic (exact) mass is 478 g/mol. The Morgan fingerprint density at radius 2 is 1.25 bits per heavy atom. The van der Waals surface area contributed by atoms with E-state index < -0.39 is 7.92 Å². The zero-order valence-corrected chi connectivity index (χ0v) is 19.6. The number of halogens is 1. The minimum Gasteiger partial charge on any atom is -0.253 e. The Bertz CT molecular complexity index is 1110. The van der Waals surface area contributed by atoms with Crippen LogP contribution in [0.4, 0.5) is 4.39 Å². The van der Waals surface area contributed by atoms with E-state index in [0.29, 0.717) is 5.56 Å². The molecule has 0 unspecified atom stereocenters. The number of hydrogen-bond donors (Lipinski definition) is 0. The topological polar surface area (TPSA) is 0 Å². The molecule has 0 radical (unpaired) electrons. The van der Waals surface area contributed by atoms with Gasteiger partial charge in [0.05, 0.1) is 5.82 Å². The molecule has 0 saturated heterocycles. The molecule has 5 aromatic carbocycles. The summed E-state index contributed by atoms with van der Waals surface area (Å²) in [5.74, 6) is -0.168. The smallest absolute Gasteiger partial charge is 0.253 e. The summed E-state index contributed by atoms with van der Waals surface area (Å²) in [6, 6.07) is 44.6. The van der Waals surface area contributed by atoms with Gasteiger partial charge in [-0.3, -0.25) is 4.39 Å². The van der Waals surface area contributed by atoms with Crippen molar-refractivity contribution in [3.8, 4) is 11.1 Å². The summed E-state index contributed by atoms with van der Waals surface area (Å²) < 4.78 is 14.1. The molecule has 0 heterocycles. The average molecular weight is 478 g/mol. The van der Waals surface area contributed by atoms with Crippen LogP contribution in [-0.4, -0.2) is 0 Å². The van der Waals surface area contributed by atoms with Crippen molar-refractivity contribution in [3.63, 3.8) is 0 Å². The van der Waals surface area contributed by atoms with Gasteiger partial charge in [-0.15, -0.1) is 29.8 Å². The molecule has 0 nitrogen and oxygen atoms in total. The van der Waals surface area contributed by atoms with Gasteiger partial charge in [0.2, 0.25) is 0 Å². The molecule has 0 spiro atoms. The van der Waals surface area contributed by atoms with Crippen LogP contribution in [0, 0.1) is 5.82 Å². The molecule has 5 aromatic rings. The SMILES string of the molecule is Fc1ccccc1-[c-]1ccc(CP(c2ccccc2)c2ccccc2)c1.[Fe+2].c1cc[cH-]c1. The third kappa shape index (κ3) is 6.37. The molecule has 0 amide bonds. The first kappa shape index (κ1) is 23.9. The Morgan fingerprint density at radius 1 is 0.688 bits per heavy atom. The van der Waals surface area contributed by atoms with E-state index >= 15 is 0 Å². The van der Waals surface area contributed by atoms with Crippen LogP contribution >= 0.6 is 7.92 Å². The second kappa shape index (κ2) is 12.3. The van der Waals surface area contributed by atoms with Crippen LogP contribution < -0.4 is 10.6 Å². The first-order valence-electron chi connectivity index (χ1n) is 10.4. The largest absolute Gasteiger partial charge is 2.00 e. The molecule has 0 aromatic heterocycles. The summed E-state index contributed by atoms with van der Waals surface area (Å²) in [6.45, 7) is 0. The van der Waals surface area contributed by atoms with Gasteiger partial charge in [0.15, 0.2) is 0 Å². The third-order valence-electron chi connectivity index (χ3n) is 5.03. The van der Waals surface area contributed by atoms with E-state index in [1.807, 2.05) is 48.5 Å². The second-order valence-electron chi connectivity index (χ2n) is 7.21. The fourth-order valence-corrected chi connectivity index (χ4v) is 5.79. The fraction of sp³-hybridized carbons (Fsp3) is 0.0345. The van der Waals surface area contributed by atoms with Crippen molar-refractivity contribution in [2.24, 2.45) is 0 Å². The van der Waals surface area contributed by atoms with Crippen molar-refractivity contribution in [2.45, 2.75) is 6.16 Å². The van der Waals surface area contributed by atoms with E-state index in [0.717, 1.165) is 11.7 Å². The third-order valence-corrected chi connectivity index (χ3v) is 7.56. The fourth-order valence-electron chi connectivity index (χ4n) is 3.50. The molecule has 0 atom stereocenters. The quantitative estimate of drug-likeness (QED) is 0.142. The van der Waals surface area contributed by atoms with Crippen LogP contribution in [0.3, 0.4) is 0 Å². The minimum absolute atomic E-state index is 0. The van der Waals surface area contributed by atoms with Crippen molar-refractivity contribution >= 4 is 18.5 Å². The van der Waals surface area contributed by atoms with Crippen molar-refractivity contribution in [1.82, 2.24) is 0 Å². The van der Waals surface area contributed by atoms with Gasteiger partial charge in [-0.05, 0) is 24.7 Å². The zero-order valence-electron chi connectivity index (χ0n) is 17.6. The average Bonchev–Trinajstić information content (AvgIpc) is 3.55. The van der Waals surface area contributed by atoms with Crippen LogP contribution in [0.5, 0.6) is 0 Å². The second-order valence-corrected chi connectivity index (χ2v) is 9.41. The Morgan fingerprint density at radius 3 is 1.78 bits per heavy atom. The van der Waals surface area contributed by atoms with Gasteiger partial charge in [-0.1, -0.05) is 90.0 Å². The summed E-state index contributed by atoms with van der Waals surface area (Å²) >= 11 is 0. The summed E-state index contributed by atoms with van der Waals surface area (Å²) in [7, 11) is -0.484. The summed E-state index contributed by atoms with van der Waals surface area (Å²) in [5.41, 5.74) is 2.87. The van der Waals surface area contributed by atoms with E-state index in [-0.39, 0.29) is 22.9 Å². The molecule has 0 aliphatic heterocycles. The first-order chi connectivity index (χ1) is 15.3. The molecular formula is C29H24FFeP. The maximum atomic E-state index is 14.1. The van der Waals surface area contributed by atoms with E-state index in [1.54, 1.807) is 6.07 Å². The van der Waals surface area contributed by atoms with Gasteiger partial charge in [-0.25, -0.2) is 12.1 Å². The standard InChI is InChI=1S/C24H19FP.C5H5.Fe/c25-24-14-8-7-13-23(24)20-16-15-19(17-20)18-26(21-9-3-1-4-10-21)22-11-5-2-6-12-22;1-2-4-5-3-1;/h1-17H,18H2;1-5H;/q2*-1;+2. The molecular weight excluding hydrogens is 454 g/mol. The maximum Gasteiger partial charge on any atom is 2.00 e. The van der Waals surface area contributed by atoms with Crippen LogP contribution in [0.15, 0.2) is 133 Å². The summed E-state index contributed by atoms with van der Waals surface area (Å²) in [5, 5.41) is 2.73. The van der Waals surface area contributed by atoms with Gasteiger partial charge < -0.3 is 0 Å². The predicted molar refractivity (Wildman–Crippen MR) is 132 cm³/mol. The van der Waals surface area contributed by atoms with Crippen molar-refractivity contribution < 1.29 is 21.5 Å². The minimum atomic E-state index is -0.484. The van der Waals surface area contributed by atoms with E-state index in [1.165, 1.54) is 22.2 Å². The van der Waals surface area contributed by atoms with E-state index in [9.17, 15) is 4.39 Å². The number of benzene rings is 3. The normalized spacial score (nSPS) is 10.2. The maximum absolute atomic E-state index is 14.1. The van der Waals surface area contributed by atoms with Gasteiger partial charge >= 0.3 is 17.1 Å². The molecule has 0 aliphatic rings. The summed E-state index contributed by atoms with van der Waals surface area (Å²) in [6.07, 6.45) is 0.956. The molecule has 160 valence electrons. The Labute approximate surface area is 201 Å². The van der Waals surface area contributed by atoms with Crippen molar-refractivity contribution in [1.29, 1.82) is 0 Å². The van der Waals surface area contributed by atoms with Crippen LogP contribution in [0.2, 0.25) is 0 Å². The molecule has 0 saturated carbocycles.